The van der Waals surface area contributed by atoms with Gasteiger partial charge in [0, 0.05) is 29.0 Å². The number of fused-ring (bicyclic) bond motifs is 1. The number of rotatable bonds is 4. The highest BCUT2D eigenvalue weighted by Gasteiger charge is 2.35. The lowest BCUT2D eigenvalue weighted by Gasteiger charge is -2.34. The summed E-state index contributed by atoms with van der Waals surface area (Å²) in [5.74, 6) is 6.91. The van der Waals surface area contributed by atoms with E-state index >= 15 is 0 Å². The highest BCUT2D eigenvalue weighted by Crippen LogP contribution is 2.33. The molecular formula is C25H23BrN2O2. The summed E-state index contributed by atoms with van der Waals surface area (Å²) >= 11 is 3.41. The smallest absolute Gasteiger partial charge is 0.254 e. The summed E-state index contributed by atoms with van der Waals surface area (Å²) in [6.07, 6.45) is 4.54. The summed E-state index contributed by atoms with van der Waals surface area (Å²) in [6, 6.07) is 14.0. The molecule has 2 aromatic carbocycles. The Bertz CT molecular complexity index is 1070. The van der Waals surface area contributed by atoms with Crippen molar-refractivity contribution in [1.29, 1.82) is 5.26 Å². The van der Waals surface area contributed by atoms with Crippen LogP contribution >= 0.6 is 15.9 Å². The van der Waals surface area contributed by atoms with Crippen LogP contribution in [0.1, 0.15) is 59.7 Å². The largest absolute Gasteiger partial charge is 0.490 e. The molecule has 0 spiro atoms. The Kier molecular flexibility index (Phi) is 6.11. The van der Waals surface area contributed by atoms with Gasteiger partial charge in [-0.25, -0.2) is 0 Å². The van der Waals surface area contributed by atoms with Gasteiger partial charge in [-0.2, -0.15) is 5.26 Å². The van der Waals surface area contributed by atoms with Gasteiger partial charge in [0.25, 0.3) is 5.91 Å². The van der Waals surface area contributed by atoms with Crippen molar-refractivity contribution in [2.45, 2.75) is 57.7 Å². The number of amides is 1. The van der Waals surface area contributed by atoms with Crippen LogP contribution in [-0.2, 0) is 13.0 Å². The fourth-order valence-corrected chi connectivity index (χ4v) is 4.74. The van der Waals surface area contributed by atoms with Crippen LogP contribution in [0.4, 0.5) is 0 Å². The predicted molar refractivity (Wildman–Crippen MR) is 119 cm³/mol. The molecule has 1 aliphatic carbocycles. The first-order valence-electron chi connectivity index (χ1n) is 10.3. The van der Waals surface area contributed by atoms with Crippen LogP contribution in [0.3, 0.4) is 0 Å². The van der Waals surface area contributed by atoms with E-state index in [1.807, 2.05) is 30.0 Å². The number of hydrogen-bond donors (Lipinski definition) is 0. The Labute approximate surface area is 186 Å². The van der Waals surface area contributed by atoms with E-state index < -0.39 is 0 Å². The first kappa shape index (κ1) is 20.5. The molecule has 152 valence electrons. The molecule has 2 aliphatic rings. The van der Waals surface area contributed by atoms with Gasteiger partial charge >= 0.3 is 0 Å². The van der Waals surface area contributed by atoms with E-state index in [2.05, 4.69) is 46.0 Å². The molecule has 1 aliphatic heterocycles. The van der Waals surface area contributed by atoms with Crippen molar-refractivity contribution in [1.82, 2.24) is 4.90 Å². The highest BCUT2D eigenvalue weighted by atomic mass is 79.9. The van der Waals surface area contributed by atoms with Crippen LogP contribution in [0, 0.1) is 23.2 Å². The van der Waals surface area contributed by atoms with Crippen molar-refractivity contribution >= 4 is 21.8 Å². The molecule has 0 radical (unpaired) electrons. The van der Waals surface area contributed by atoms with E-state index in [1.54, 1.807) is 6.07 Å². The van der Waals surface area contributed by atoms with Crippen LogP contribution < -0.4 is 4.74 Å². The number of carbonyl (C=O) groups excluding carboxylic acids is 1. The number of carbonyl (C=O) groups is 1. The SMILES string of the molecule is CC#CCc1ccc2c(c1)C(=O)N([C@H]1CC[C@H](Oc3ccc(C#N)c(Br)c3)CC1)C2. The molecule has 0 atom stereocenters. The monoisotopic (exact) mass is 462 g/mol. The summed E-state index contributed by atoms with van der Waals surface area (Å²) in [5.41, 5.74) is 3.66. The first-order valence-corrected chi connectivity index (χ1v) is 11.1. The maximum atomic E-state index is 13.0. The van der Waals surface area contributed by atoms with Crippen LogP contribution in [-0.4, -0.2) is 23.0 Å². The predicted octanol–water partition coefficient (Wildman–Crippen LogP) is 5.23. The molecule has 0 aromatic heterocycles. The van der Waals surface area contributed by atoms with Crippen molar-refractivity contribution in [3.05, 3.63) is 63.1 Å². The lowest BCUT2D eigenvalue weighted by molar-refractivity contribution is 0.0561. The number of nitriles is 1. The zero-order valence-corrected chi connectivity index (χ0v) is 18.5. The van der Waals surface area contributed by atoms with Gasteiger partial charge in [0.15, 0.2) is 0 Å². The molecule has 0 N–H and O–H groups in total. The van der Waals surface area contributed by atoms with E-state index in [0.717, 1.165) is 52.6 Å². The third kappa shape index (κ3) is 4.23. The van der Waals surface area contributed by atoms with E-state index in [0.29, 0.717) is 18.5 Å². The second-order valence-electron chi connectivity index (χ2n) is 7.83. The quantitative estimate of drug-likeness (QED) is 0.584. The minimum absolute atomic E-state index is 0.139. The van der Waals surface area contributed by atoms with Crippen molar-refractivity contribution in [2.75, 3.05) is 0 Å². The van der Waals surface area contributed by atoms with Gasteiger partial charge in [0.2, 0.25) is 0 Å². The standard InChI is InChI=1S/C25H23BrN2O2/c1-2-3-4-17-5-6-19-16-28(25(29)23(19)13-17)20-8-11-21(12-9-20)30-22-10-7-18(15-27)24(26)14-22/h5-7,10,13-14,20-21H,4,8-9,11-12,16H2,1H3/t20-,21-. The maximum absolute atomic E-state index is 13.0. The van der Waals surface area contributed by atoms with Gasteiger partial charge < -0.3 is 9.64 Å². The van der Waals surface area contributed by atoms with Crippen LogP contribution in [0.25, 0.3) is 0 Å². The van der Waals surface area contributed by atoms with Gasteiger partial charge in [-0.1, -0.05) is 18.1 Å². The Morgan fingerprint density at radius 2 is 1.97 bits per heavy atom. The van der Waals surface area contributed by atoms with Crippen molar-refractivity contribution in [2.24, 2.45) is 0 Å². The number of halogens is 1. The molecular weight excluding hydrogens is 440 g/mol. The van der Waals surface area contributed by atoms with Crippen LogP contribution in [0.5, 0.6) is 5.75 Å². The number of nitrogens with zero attached hydrogens (tertiary/aromatic N) is 2. The molecule has 1 fully saturated rings. The van der Waals surface area contributed by atoms with Gasteiger partial charge in [0.05, 0.1) is 11.7 Å². The van der Waals surface area contributed by atoms with E-state index in [-0.39, 0.29) is 18.1 Å². The summed E-state index contributed by atoms with van der Waals surface area (Å²) in [7, 11) is 0. The van der Waals surface area contributed by atoms with Crippen molar-refractivity contribution in [3.8, 4) is 23.7 Å². The molecule has 0 unspecified atom stereocenters. The Morgan fingerprint density at radius 3 is 2.67 bits per heavy atom. The molecule has 5 heteroatoms. The highest BCUT2D eigenvalue weighted by molar-refractivity contribution is 9.10. The molecule has 4 rings (SSSR count). The normalized spacial score (nSPS) is 20.2. The molecule has 0 saturated heterocycles. The second-order valence-corrected chi connectivity index (χ2v) is 8.68. The molecule has 0 bridgehead atoms. The fourth-order valence-electron chi connectivity index (χ4n) is 4.29. The fraction of sp³-hybridized carbons (Fsp3) is 0.360. The Hall–Kier alpha value is -2.76. The Balaban J connectivity index is 1.36. The van der Waals surface area contributed by atoms with Crippen molar-refractivity contribution < 1.29 is 9.53 Å². The Morgan fingerprint density at radius 1 is 1.17 bits per heavy atom. The molecule has 1 heterocycles. The van der Waals surface area contributed by atoms with Gasteiger partial charge in [-0.3, -0.25) is 4.79 Å². The molecule has 1 amide bonds. The zero-order valence-electron chi connectivity index (χ0n) is 17.0. The summed E-state index contributed by atoms with van der Waals surface area (Å²) in [6.45, 7) is 2.53. The first-order chi connectivity index (χ1) is 14.6. The van der Waals surface area contributed by atoms with E-state index in [1.165, 1.54) is 0 Å². The van der Waals surface area contributed by atoms with Crippen LogP contribution in [0.2, 0.25) is 0 Å². The summed E-state index contributed by atoms with van der Waals surface area (Å²) < 4.78 is 6.88. The zero-order chi connectivity index (χ0) is 21.1. The summed E-state index contributed by atoms with van der Waals surface area (Å²) in [4.78, 5) is 15.1. The van der Waals surface area contributed by atoms with Crippen LogP contribution in [0.15, 0.2) is 40.9 Å². The van der Waals surface area contributed by atoms with Gasteiger partial charge in [0.1, 0.15) is 11.8 Å². The second kappa shape index (κ2) is 8.94. The lowest BCUT2D eigenvalue weighted by Crippen LogP contribution is -2.40. The van der Waals surface area contributed by atoms with Gasteiger partial charge in [-0.05, 0) is 83.9 Å². The molecule has 1 saturated carbocycles. The number of ether oxygens (including phenoxy) is 1. The number of benzene rings is 2. The lowest BCUT2D eigenvalue weighted by atomic mass is 9.92. The van der Waals surface area contributed by atoms with E-state index in [9.17, 15) is 4.79 Å². The third-order valence-electron chi connectivity index (χ3n) is 5.92. The van der Waals surface area contributed by atoms with E-state index in [4.69, 9.17) is 10.00 Å². The number of hydrogen-bond acceptors (Lipinski definition) is 3. The minimum Gasteiger partial charge on any atom is -0.490 e. The topological polar surface area (TPSA) is 53.3 Å². The van der Waals surface area contributed by atoms with Crippen molar-refractivity contribution in [3.63, 3.8) is 0 Å². The summed E-state index contributed by atoms with van der Waals surface area (Å²) in [5, 5.41) is 9.04. The molecule has 2 aromatic rings. The average molecular weight is 463 g/mol. The third-order valence-corrected chi connectivity index (χ3v) is 6.58. The maximum Gasteiger partial charge on any atom is 0.254 e. The minimum atomic E-state index is 0.139. The van der Waals surface area contributed by atoms with Gasteiger partial charge in [-0.15, -0.1) is 5.92 Å². The average Bonchev–Trinajstić information content (AvgIpc) is 3.09. The molecule has 4 nitrogen and oxygen atoms in total. The molecule has 30 heavy (non-hydrogen) atoms.